The molecule has 2 N–H and O–H groups in total. The van der Waals surface area contributed by atoms with E-state index in [0.717, 1.165) is 13.1 Å². The molecule has 1 aromatic heterocycles. The number of aromatic nitrogens is 3. The van der Waals surface area contributed by atoms with Gasteiger partial charge in [-0.25, -0.2) is 0 Å². The summed E-state index contributed by atoms with van der Waals surface area (Å²) < 4.78 is 5.07. The number of nitrogens with two attached hydrogens (primary N) is 1. The van der Waals surface area contributed by atoms with Gasteiger partial charge in [-0.3, -0.25) is 4.90 Å². The fourth-order valence-corrected chi connectivity index (χ4v) is 3.05. The van der Waals surface area contributed by atoms with E-state index in [0.29, 0.717) is 18.0 Å². The Morgan fingerprint density at radius 3 is 2.89 bits per heavy atom. The van der Waals surface area contributed by atoms with Crippen molar-refractivity contribution in [3.05, 3.63) is 0 Å². The van der Waals surface area contributed by atoms with Gasteiger partial charge in [0, 0.05) is 25.2 Å². The van der Waals surface area contributed by atoms with Crippen LogP contribution in [0.4, 0.5) is 11.9 Å². The van der Waals surface area contributed by atoms with E-state index in [4.69, 9.17) is 10.5 Å². The predicted octanol–water partition coefficient (Wildman–Crippen LogP) is 0.135. The van der Waals surface area contributed by atoms with Crippen LogP contribution in [0, 0.1) is 0 Å². The van der Waals surface area contributed by atoms with Gasteiger partial charge in [0.15, 0.2) is 0 Å². The molecule has 0 amide bonds. The molecule has 0 aromatic carbocycles. The highest BCUT2D eigenvalue weighted by Gasteiger charge is 2.35. The van der Waals surface area contributed by atoms with E-state index in [2.05, 4.69) is 31.7 Å². The molecule has 2 fully saturated rings. The van der Waals surface area contributed by atoms with Crippen molar-refractivity contribution in [1.29, 1.82) is 0 Å². The Morgan fingerprint density at radius 1 is 1.26 bits per heavy atom. The molecule has 7 nitrogen and oxygen atoms in total. The van der Waals surface area contributed by atoms with E-state index in [1.807, 2.05) is 0 Å². The van der Waals surface area contributed by atoms with Crippen LogP contribution in [0.3, 0.4) is 0 Å². The molecule has 0 radical (unpaired) electrons. The maximum Gasteiger partial charge on any atom is 0.322 e. The van der Waals surface area contributed by atoms with Crippen LogP contribution in [0.2, 0.25) is 0 Å². The first kappa shape index (κ1) is 12.4. The van der Waals surface area contributed by atoms with Crippen LogP contribution in [0.25, 0.3) is 0 Å². The highest BCUT2D eigenvalue weighted by Crippen LogP contribution is 2.27. The van der Waals surface area contributed by atoms with Crippen molar-refractivity contribution in [2.24, 2.45) is 0 Å². The average Bonchev–Trinajstić information content (AvgIpc) is 2.84. The minimum atomic E-state index is 0.211. The zero-order valence-corrected chi connectivity index (χ0v) is 11.4. The third kappa shape index (κ3) is 2.30. The number of nitrogens with zero attached hydrogens (tertiary/aromatic N) is 5. The topological polar surface area (TPSA) is 80.4 Å². The van der Waals surface area contributed by atoms with E-state index < -0.39 is 0 Å². The molecular weight excluding hydrogens is 244 g/mol. The summed E-state index contributed by atoms with van der Waals surface area (Å²) in [6.45, 7) is 5.42. The summed E-state index contributed by atoms with van der Waals surface area (Å²) in [7, 11) is 1.54. The van der Waals surface area contributed by atoms with Gasteiger partial charge in [-0.1, -0.05) is 0 Å². The van der Waals surface area contributed by atoms with Crippen LogP contribution >= 0.6 is 0 Å². The van der Waals surface area contributed by atoms with Gasteiger partial charge < -0.3 is 15.4 Å². The van der Waals surface area contributed by atoms with Gasteiger partial charge >= 0.3 is 6.01 Å². The van der Waals surface area contributed by atoms with Crippen LogP contribution in [0.5, 0.6) is 6.01 Å². The van der Waals surface area contributed by atoms with Crippen LogP contribution in [-0.4, -0.2) is 58.7 Å². The maximum atomic E-state index is 5.71. The van der Waals surface area contributed by atoms with Gasteiger partial charge in [-0.05, 0) is 26.3 Å². The van der Waals surface area contributed by atoms with E-state index in [1.54, 1.807) is 0 Å². The SMILES string of the molecule is COc1nc(N)nc(N2CC3CCCN3CC2C)n1. The minimum Gasteiger partial charge on any atom is -0.467 e. The third-order valence-corrected chi connectivity index (χ3v) is 4.00. The quantitative estimate of drug-likeness (QED) is 0.813. The van der Waals surface area contributed by atoms with Crippen LogP contribution in [0.15, 0.2) is 0 Å². The number of fused-ring (bicyclic) bond motifs is 1. The second-order valence-electron chi connectivity index (χ2n) is 5.27. The van der Waals surface area contributed by atoms with Crippen LogP contribution < -0.4 is 15.4 Å². The second kappa shape index (κ2) is 4.80. The lowest BCUT2D eigenvalue weighted by molar-refractivity contribution is 0.201. The van der Waals surface area contributed by atoms with E-state index in [9.17, 15) is 0 Å². The summed E-state index contributed by atoms with van der Waals surface area (Å²) in [5, 5.41) is 0. The first-order valence-corrected chi connectivity index (χ1v) is 6.73. The molecule has 2 unspecified atom stereocenters. The van der Waals surface area contributed by atoms with Gasteiger partial charge in [-0.2, -0.15) is 15.0 Å². The summed E-state index contributed by atoms with van der Waals surface area (Å²) in [5.41, 5.74) is 5.71. The Labute approximate surface area is 112 Å². The van der Waals surface area contributed by atoms with Crippen molar-refractivity contribution in [3.8, 4) is 6.01 Å². The zero-order valence-electron chi connectivity index (χ0n) is 11.4. The molecule has 7 heteroatoms. The maximum absolute atomic E-state index is 5.71. The Hall–Kier alpha value is -1.63. The molecule has 3 heterocycles. The molecule has 2 aliphatic rings. The number of methoxy groups -OCH3 is 1. The molecular formula is C12H20N6O. The fourth-order valence-electron chi connectivity index (χ4n) is 3.05. The second-order valence-corrected chi connectivity index (χ2v) is 5.27. The number of rotatable bonds is 2. The largest absolute Gasteiger partial charge is 0.467 e. The molecule has 104 valence electrons. The zero-order chi connectivity index (χ0) is 13.4. The Kier molecular flexibility index (Phi) is 3.14. The highest BCUT2D eigenvalue weighted by molar-refractivity contribution is 5.38. The molecule has 19 heavy (non-hydrogen) atoms. The lowest BCUT2D eigenvalue weighted by Gasteiger charge is -2.42. The molecule has 0 spiro atoms. The van der Waals surface area contributed by atoms with Crippen molar-refractivity contribution >= 4 is 11.9 Å². The van der Waals surface area contributed by atoms with Gasteiger partial charge in [0.05, 0.1) is 7.11 Å². The summed E-state index contributed by atoms with van der Waals surface area (Å²) in [6, 6.07) is 1.27. The van der Waals surface area contributed by atoms with Crippen molar-refractivity contribution < 1.29 is 4.74 Å². The van der Waals surface area contributed by atoms with Gasteiger partial charge in [-0.15, -0.1) is 0 Å². The lowest BCUT2D eigenvalue weighted by Crippen LogP contribution is -2.55. The number of hydrogen-bond acceptors (Lipinski definition) is 7. The first-order chi connectivity index (χ1) is 9.17. The van der Waals surface area contributed by atoms with E-state index in [-0.39, 0.29) is 12.0 Å². The molecule has 3 rings (SSSR count). The summed E-state index contributed by atoms with van der Waals surface area (Å²) >= 11 is 0. The molecule has 2 saturated heterocycles. The number of piperazine rings is 1. The average molecular weight is 264 g/mol. The summed E-state index contributed by atoms with van der Waals surface area (Å²) in [5.74, 6) is 0.839. The van der Waals surface area contributed by atoms with Crippen molar-refractivity contribution in [2.75, 3.05) is 37.4 Å². The highest BCUT2D eigenvalue weighted by atomic mass is 16.5. The molecule has 0 saturated carbocycles. The van der Waals surface area contributed by atoms with Gasteiger partial charge in [0.1, 0.15) is 0 Å². The lowest BCUT2D eigenvalue weighted by atomic mass is 10.1. The molecule has 2 atom stereocenters. The number of anilines is 2. The number of hydrogen-bond donors (Lipinski definition) is 1. The Bertz CT molecular complexity index is 468. The fraction of sp³-hybridized carbons (Fsp3) is 0.750. The van der Waals surface area contributed by atoms with Gasteiger partial charge in [0.2, 0.25) is 11.9 Å². The van der Waals surface area contributed by atoms with Crippen molar-refractivity contribution in [2.45, 2.75) is 31.8 Å². The minimum absolute atomic E-state index is 0.211. The third-order valence-electron chi connectivity index (χ3n) is 4.00. The molecule has 0 aliphatic carbocycles. The number of nitrogen functional groups attached to an aromatic ring is 1. The molecule has 0 bridgehead atoms. The monoisotopic (exact) mass is 264 g/mol. The summed E-state index contributed by atoms with van der Waals surface area (Å²) in [4.78, 5) is 17.3. The standard InChI is InChI=1S/C12H20N6O/c1-8-6-17-5-3-4-9(17)7-18(8)11-14-10(13)15-12(16-11)19-2/h8-9H,3-7H2,1-2H3,(H2,13,14,15,16). The number of ether oxygens (including phenoxy) is 1. The predicted molar refractivity (Wildman–Crippen MR) is 72.2 cm³/mol. The Balaban J connectivity index is 1.86. The normalized spacial score (nSPS) is 27.4. The van der Waals surface area contributed by atoms with E-state index >= 15 is 0 Å². The first-order valence-electron chi connectivity index (χ1n) is 6.73. The van der Waals surface area contributed by atoms with Crippen molar-refractivity contribution in [3.63, 3.8) is 0 Å². The van der Waals surface area contributed by atoms with Crippen molar-refractivity contribution in [1.82, 2.24) is 19.9 Å². The van der Waals surface area contributed by atoms with Crippen LogP contribution in [0.1, 0.15) is 19.8 Å². The van der Waals surface area contributed by atoms with Gasteiger partial charge in [0.25, 0.3) is 0 Å². The van der Waals surface area contributed by atoms with Crippen LogP contribution in [-0.2, 0) is 0 Å². The molecule has 2 aliphatic heterocycles. The molecule has 1 aromatic rings. The Morgan fingerprint density at radius 2 is 2.11 bits per heavy atom. The van der Waals surface area contributed by atoms with E-state index in [1.165, 1.54) is 26.5 Å². The smallest absolute Gasteiger partial charge is 0.322 e. The summed E-state index contributed by atoms with van der Waals surface area (Å²) in [6.07, 6.45) is 2.54.